The Morgan fingerprint density at radius 1 is 1.38 bits per heavy atom. The maximum Gasteiger partial charge on any atom is 0.123 e. The smallest absolute Gasteiger partial charge is 0.123 e. The summed E-state index contributed by atoms with van der Waals surface area (Å²) < 4.78 is 0. The number of hydrogen-bond acceptors (Lipinski definition) is 3. The molecule has 2 nitrogen and oxygen atoms in total. The van der Waals surface area contributed by atoms with Gasteiger partial charge in [0, 0.05) is 17.4 Å². The highest BCUT2D eigenvalue weighted by Gasteiger charge is 2.05. The van der Waals surface area contributed by atoms with E-state index in [1.165, 1.54) is 11.1 Å². The van der Waals surface area contributed by atoms with Crippen LogP contribution in [0.15, 0.2) is 41.9 Å². The third kappa shape index (κ3) is 2.31. The zero-order valence-corrected chi connectivity index (χ0v) is 10.00. The quantitative estimate of drug-likeness (QED) is 0.879. The van der Waals surface area contributed by atoms with Crippen molar-refractivity contribution in [3.05, 3.63) is 53.2 Å². The van der Waals surface area contributed by atoms with Gasteiger partial charge in [0.2, 0.25) is 0 Å². The number of nitrogens with two attached hydrogens (primary N) is 1. The van der Waals surface area contributed by atoms with Crippen LogP contribution in [0.5, 0.6) is 0 Å². The van der Waals surface area contributed by atoms with E-state index in [1.54, 1.807) is 17.5 Å². The van der Waals surface area contributed by atoms with Crippen LogP contribution < -0.4 is 5.73 Å². The van der Waals surface area contributed by atoms with Gasteiger partial charge in [0.15, 0.2) is 0 Å². The van der Waals surface area contributed by atoms with Gasteiger partial charge in [-0.1, -0.05) is 30.3 Å². The second kappa shape index (κ2) is 4.94. The fourth-order valence-electron chi connectivity index (χ4n) is 1.53. The van der Waals surface area contributed by atoms with Crippen molar-refractivity contribution in [1.82, 2.24) is 4.98 Å². The van der Waals surface area contributed by atoms with Crippen molar-refractivity contribution in [3.63, 3.8) is 0 Å². The van der Waals surface area contributed by atoms with E-state index in [0.29, 0.717) is 0 Å². The van der Waals surface area contributed by atoms with E-state index in [4.69, 9.17) is 5.73 Å². The Morgan fingerprint density at radius 2 is 2.19 bits per heavy atom. The largest absolute Gasteiger partial charge is 0.405 e. The summed E-state index contributed by atoms with van der Waals surface area (Å²) in [6, 6.07) is 8.31. The van der Waals surface area contributed by atoms with Crippen LogP contribution in [-0.2, 0) is 6.42 Å². The zero-order chi connectivity index (χ0) is 11.4. The summed E-state index contributed by atoms with van der Waals surface area (Å²) in [5.41, 5.74) is 8.87. The van der Waals surface area contributed by atoms with Crippen molar-refractivity contribution in [3.8, 4) is 10.6 Å². The first-order chi connectivity index (χ1) is 7.81. The van der Waals surface area contributed by atoms with Crippen molar-refractivity contribution in [2.45, 2.75) is 13.3 Å². The Bertz CT molecular complexity index is 500. The molecule has 16 heavy (non-hydrogen) atoms. The molecule has 0 unspecified atom stereocenters. The van der Waals surface area contributed by atoms with Gasteiger partial charge in [-0.2, -0.15) is 0 Å². The van der Waals surface area contributed by atoms with Gasteiger partial charge in [0.25, 0.3) is 0 Å². The monoisotopic (exact) mass is 230 g/mol. The molecule has 0 atom stereocenters. The molecule has 1 heterocycles. The number of benzene rings is 1. The topological polar surface area (TPSA) is 38.9 Å². The molecule has 3 heteroatoms. The summed E-state index contributed by atoms with van der Waals surface area (Å²) in [4.78, 5) is 4.59. The summed E-state index contributed by atoms with van der Waals surface area (Å²) in [6.07, 6.45) is 4.28. The van der Waals surface area contributed by atoms with Crippen LogP contribution in [0.25, 0.3) is 10.6 Å². The van der Waals surface area contributed by atoms with E-state index in [9.17, 15) is 0 Å². The molecule has 0 spiro atoms. The van der Waals surface area contributed by atoms with E-state index in [2.05, 4.69) is 29.4 Å². The van der Waals surface area contributed by atoms with Gasteiger partial charge in [0.1, 0.15) is 5.01 Å². The molecule has 2 aromatic rings. The van der Waals surface area contributed by atoms with Crippen molar-refractivity contribution in [2.75, 3.05) is 0 Å². The molecule has 0 aliphatic carbocycles. The molecule has 2 N–H and O–H groups in total. The number of rotatable bonds is 3. The van der Waals surface area contributed by atoms with E-state index in [1.807, 2.05) is 18.2 Å². The average Bonchev–Trinajstić information content (AvgIpc) is 2.75. The molecule has 0 aliphatic heterocycles. The minimum atomic E-state index is 0.804. The van der Waals surface area contributed by atoms with Gasteiger partial charge in [-0.15, -0.1) is 11.3 Å². The first kappa shape index (κ1) is 10.9. The first-order valence-corrected chi connectivity index (χ1v) is 6.06. The molecular weight excluding hydrogens is 216 g/mol. The van der Waals surface area contributed by atoms with E-state index >= 15 is 0 Å². The molecular formula is C13H14N2S. The van der Waals surface area contributed by atoms with Crippen LogP contribution in [0.2, 0.25) is 0 Å². The number of thiazole rings is 1. The summed E-state index contributed by atoms with van der Waals surface area (Å²) in [7, 11) is 0. The van der Waals surface area contributed by atoms with E-state index < -0.39 is 0 Å². The highest BCUT2D eigenvalue weighted by Crippen LogP contribution is 2.26. The van der Waals surface area contributed by atoms with Gasteiger partial charge in [-0.25, -0.2) is 4.98 Å². The molecule has 0 saturated carbocycles. The molecule has 1 aromatic carbocycles. The van der Waals surface area contributed by atoms with Gasteiger partial charge < -0.3 is 5.73 Å². The maximum atomic E-state index is 5.31. The maximum absolute atomic E-state index is 5.31. The Morgan fingerprint density at radius 3 is 2.94 bits per heavy atom. The molecule has 82 valence electrons. The van der Waals surface area contributed by atoms with E-state index in [-0.39, 0.29) is 0 Å². The van der Waals surface area contributed by atoms with Crippen LogP contribution in [0.4, 0.5) is 0 Å². The minimum Gasteiger partial charge on any atom is -0.405 e. The molecule has 0 saturated heterocycles. The molecule has 0 amide bonds. The Kier molecular flexibility index (Phi) is 3.37. The number of allylic oxidation sites excluding steroid dienone is 1. The second-order valence-electron chi connectivity index (χ2n) is 3.59. The lowest BCUT2D eigenvalue weighted by molar-refractivity contribution is 1.15. The van der Waals surface area contributed by atoms with Gasteiger partial charge in [-0.05, 0) is 18.7 Å². The van der Waals surface area contributed by atoms with Crippen molar-refractivity contribution < 1.29 is 0 Å². The third-order valence-electron chi connectivity index (χ3n) is 2.39. The number of nitrogens with zero attached hydrogens (tertiary/aromatic N) is 1. The third-order valence-corrected chi connectivity index (χ3v) is 3.31. The predicted molar refractivity (Wildman–Crippen MR) is 69.3 cm³/mol. The fraction of sp³-hybridized carbons (Fsp3) is 0.154. The Hall–Kier alpha value is -1.61. The summed E-state index contributed by atoms with van der Waals surface area (Å²) in [5.74, 6) is 0. The molecule has 0 radical (unpaired) electrons. The van der Waals surface area contributed by atoms with Crippen molar-refractivity contribution in [2.24, 2.45) is 5.73 Å². The van der Waals surface area contributed by atoms with Crippen LogP contribution in [0.1, 0.15) is 11.3 Å². The number of aryl methyl sites for hydroxylation is 1. The predicted octanol–water partition coefficient (Wildman–Crippen LogP) is 3.13. The Balaban J connectivity index is 2.28. The highest BCUT2D eigenvalue weighted by atomic mass is 32.1. The number of aromatic nitrogens is 1. The van der Waals surface area contributed by atoms with Crippen molar-refractivity contribution >= 4 is 11.3 Å². The van der Waals surface area contributed by atoms with Crippen LogP contribution in [0, 0.1) is 6.92 Å². The van der Waals surface area contributed by atoms with Crippen LogP contribution in [-0.4, -0.2) is 4.98 Å². The standard InChI is InChI=1S/C13H14N2S/c1-10-5-2-3-7-12(10)13-15-11(9-16-13)6-4-8-14/h2-5,7-9H,6,14H2,1H3. The molecule has 2 rings (SSSR count). The highest BCUT2D eigenvalue weighted by molar-refractivity contribution is 7.13. The average molecular weight is 230 g/mol. The lowest BCUT2D eigenvalue weighted by atomic mass is 10.1. The van der Waals surface area contributed by atoms with Gasteiger partial charge >= 0.3 is 0 Å². The first-order valence-electron chi connectivity index (χ1n) is 5.18. The molecule has 0 aliphatic rings. The Labute approximate surface area is 99.5 Å². The lowest BCUT2D eigenvalue weighted by Crippen LogP contribution is -1.85. The van der Waals surface area contributed by atoms with Gasteiger partial charge in [0.05, 0.1) is 5.69 Å². The molecule has 0 bridgehead atoms. The second-order valence-corrected chi connectivity index (χ2v) is 4.45. The summed E-state index contributed by atoms with van der Waals surface area (Å²) in [5, 5.41) is 3.17. The summed E-state index contributed by atoms with van der Waals surface area (Å²) >= 11 is 1.68. The normalized spacial score (nSPS) is 11.1. The van der Waals surface area contributed by atoms with Gasteiger partial charge in [-0.3, -0.25) is 0 Å². The van der Waals surface area contributed by atoms with E-state index in [0.717, 1.165) is 17.1 Å². The fourth-order valence-corrected chi connectivity index (χ4v) is 2.45. The van der Waals surface area contributed by atoms with Crippen LogP contribution in [0.3, 0.4) is 0 Å². The SMILES string of the molecule is Cc1ccccc1-c1nc(CC=CN)cs1. The lowest BCUT2D eigenvalue weighted by Gasteiger charge is -2.00. The van der Waals surface area contributed by atoms with Crippen molar-refractivity contribution in [1.29, 1.82) is 0 Å². The molecule has 1 aromatic heterocycles. The molecule has 0 fully saturated rings. The number of hydrogen-bond donors (Lipinski definition) is 1. The van der Waals surface area contributed by atoms with Crippen LogP contribution >= 0.6 is 11.3 Å². The minimum absolute atomic E-state index is 0.804. The summed E-state index contributed by atoms with van der Waals surface area (Å²) in [6.45, 7) is 2.11. The zero-order valence-electron chi connectivity index (χ0n) is 9.18.